The lowest BCUT2D eigenvalue weighted by Crippen LogP contribution is -1.93. The van der Waals surface area contributed by atoms with Crippen LogP contribution in [0.25, 0.3) is 10.9 Å². The summed E-state index contributed by atoms with van der Waals surface area (Å²) in [5.74, 6) is 0.210. The average molecular weight is 277 g/mol. The number of benzene rings is 2. The van der Waals surface area contributed by atoms with Crippen molar-refractivity contribution in [3.05, 3.63) is 65.9 Å². The molecular formula is C17H15N3O. The zero-order valence-corrected chi connectivity index (χ0v) is 11.6. The Morgan fingerprint density at radius 2 is 2.00 bits per heavy atom. The second kappa shape index (κ2) is 5.63. The molecule has 104 valence electrons. The van der Waals surface area contributed by atoms with Gasteiger partial charge in [-0.3, -0.25) is 10.4 Å². The predicted octanol–water partition coefficient (Wildman–Crippen LogP) is 3.69. The molecule has 2 aromatic carbocycles. The van der Waals surface area contributed by atoms with Crippen molar-refractivity contribution in [1.29, 1.82) is 0 Å². The van der Waals surface area contributed by atoms with Crippen LogP contribution in [-0.4, -0.2) is 16.3 Å². The molecule has 0 bridgehead atoms. The minimum atomic E-state index is 0.210. The van der Waals surface area contributed by atoms with Gasteiger partial charge in [-0.05, 0) is 31.2 Å². The van der Waals surface area contributed by atoms with Crippen molar-refractivity contribution in [2.24, 2.45) is 5.10 Å². The van der Waals surface area contributed by atoms with Crippen molar-refractivity contribution in [3.63, 3.8) is 0 Å². The molecule has 0 saturated heterocycles. The van der Waals surface area contributed by atoms with E-state index in [9.17, 15) is 5.11 Å². The summed E-state index contributed by atoms with van der Waals surface area (Å²) >= 11 is 0. The highest BCUT2D eigenvalue weighted by atomic mass is 16.3. The first-order valence-electron chi connectivity index (χ1n) is 6.66. The average Bonchev–Trinajstić information content (AvgIpc) is 2.51. The molecule has 0 aliphatic rings. The molecule has 4 heteroatoms. The van der Waals surface area contributed by atoms with Crippen LogP contribution in [0.1, 0.15) is 11.1 Å². The van der Waals surface area contributed by atoms with Crippen LogP contribution in [0, 0.1) is 6.92 Å². The molecular weight excluding hydrogens is 262 g/mol. The number of hydrogen-bond donors (Lipinski definition) is 2. The largest absolute Gasteiger partial charge is 0.507 e. The number of hydrazone groups is 1. The molecule has 21 heavy (non-hydrogen) atoms. The molecule has 0 fully saturated rings. The Morgan fingerprint density at radius 1 is 1.14 bits per heavy atom. The third-order valence-electron chi connectivity index (χ3n) is 3.20. The molecule has 0 atom stereocenters. The molecule has 0 aliphatic heterocycles. The topological polar surface area (TPSA) is 57.5 Å². The zero-order valence-electron chi connectivity index (χ0n) is 11.6. The number of pyridine rings is 1. The fourth-order valence-corrected chi connectivity index (χ4v) is 2.14. The van der Waals surface area contributed by atoms with Gasteiger partial charge in [-0.2, -0.15) is 5.10 Å². The molecule has 0 amide bonds. The van der Waals surface area contributed by atoms with Crippen LogP contribution in [0.4, 0.5) is 5.69 Å². The lowest BCUT2D eigenvalue weighted by atomic mass is 10.1. The van der Waals surface area contributed by atoms with Crippen molar-refractivity contribution in [3.8, 4) is 5.75 Å². The van der Waals surface area contributed by atoms with E-state index in [4.69, 9.17) is 0 Å². The molecule has 4 nitrogen and oxygen atoms in total. The predicted molar refractivity (Wildman–Crippen MR) is 85.8 cm³/mol. The fraction of sp³-hybridized carbons (Fsp3) is 0.0588. The molecule has 3 rings (SSSR count). The van der Waals surface area contributed by atoms with Gasteiger partial charge in [0.25, 0.3) is 0 Å². The third-order valence-corrected chi connectivity index (χ3v) is 3.20. The first-order chi connectivity index (χ1) is 10.2. The van der Waals surface area contributed by atoms with E-state index in [-0.39, 0.29) is 5.75 Å². The van der Waals surface area contributed by atoms with Crippen molar-refractivity contribution >= 4 is 22.8 Å². The van der Waals surface area contributed by atoms with Crippen molar-refractivity contribution in [2.45, 2.75) is 6.92 Å². The molecule has 0 aliphatic carbocycles. The van der Waals surface area contributed by atoms with Crippen LogP contribution in [0.5, 0.6) is 5.75 Å². The quantitative estimate of drug-likeness (QED) is 0.567. The summed E-state index contributed by atoms with van der Waals surface area (Å²) in [6, 6.07) is 15.2. The second-order valence-electron chi connectivity index (χ2n) is 4.81. The smallest absolute Gasteiger partial charge is 0.124 e. The number of phenolic OH excluding ortho intramolecular Hbond substituents is 1. The van der Waals surface area contributed by atoms with Crippen LogP contribution in [-0.2, 0) is 0 Å². The van der Waals surface area contributed by atoms with Gasteiger partial charge < -0.3 is 5.11 Å². The van der Waals surface area contributed by atoms with E-state index < -0.39 is 0 Å². The summed E-state index contributed by atoms with van der Waals surface area (Å²) < 4.78 is 0. The summed E-state index contributed by atoms with van der Waals surface area (Å²) in [4.78, 5) is 4.35. The van der Waals surface area contributed by atoms with E-state index in [0.29, 0.717) is 5.56 Å². The van der Waals surface area contributed by atoms with E-state index >= 15 is 0 Å². The third kappa shape index (κ3) is 2.84. The molecule has 0 unspecified atom stereocenters. The Morgan fingerprint density at radius 3 is 2.90 bits per heavy atom. The molecule has 1 heterocycles. The lowest BCUT2D eigenvalue weighted by molar-refractivity contribution is 0.474. The van der Waals surface area contributed by atoms with Crippen molar-refractivity contribution in [2.75, 3.05) is 5.43 Å². The minimum absolute atomic E-state index is 0.210. The van der Waals surface area contributed by atoms with Gasteiger partial charge in [-0.15, -0.1) is 0 Å². The van der Waals surface area contributed by atoms with Crippen molar-refractivity contribution in [1.82, 2.24) is 4.98 Å². The number of phenols is 1. The summed E-state index contributed by atoms with van der Waals surface area (Å²) in [5, 5.41) is 15.0. The number of nitrogens with one attached hydrogen (secondary N) is 1. The SMILES string of the molecule is Cc1ccc(O)c(/C=N\Nc2cccc3cccnc23)c1. The summed E-state index contributed by atoms with van der Waals surface area (Å²) in [5.41, 5.74) is 6.42. The number of hydrogen-bond acceptors (Lipinski definition) is 4. The number of aromatic hydroxyl groups is 1. The first-order valence-corrected chi connectivity index (χ1v) is 6.66. The lowest BCUT2D eigenvalue weighted by Gasteiger charge is -2.04. The second-order valence-corrected chi connectivity index (χ2v) is 4.81. The summed E-state index contributed by atoms with van der Waals surface area (Å²) in [6.07, 6.45) is 3.35. The van der Waals surface area contributed by atoms with E-state index in [1.165, 1.54) is 0 Å². The minimum Gasteiger partial charge on any atom is -0.507 e. The van der Waals surface area contributed by atoms with Crippen LogP contribution in [0.3, 0.4) is 0 Å². The standard InChI is InChI=1S/C17H15N3O/c1-12-7-8-16(21)14(10-12)11-19-20-15-6-2-4-13-5-3-9-18-17(13)15/h2-11,20-21H,1H3/b19-11-. The van der Waals surface area contributed by atoms with E-state index in [0.717, 1.165) is 22.2 Å². The summed E-state index contributed by atoms with van der Waals surface area (Å²) in [7, 11) is 0. The number of nitrogens with zero attached hydrogens (tertiary/aromatic N) is 2. The van der Waals surface area contributed by atoms with Crippen LogP contribution >= 0.6 is 0 Å². The number of fused-ring (bicyclic) bond motifs is 1. The van der Waals surface area contributed by atoms with Gasteiger partial charge in [-0.1, -0.05) is 29.8 Å². The van der Waals surface area contributed by atoms with Crippen LogP contribution in [0.2, 0.25) is 0 Å². The number of anilines is 1. The Labute approximate surface area is 122 Å². The van der Waals surface area contributed by atoms with Gasteiger partial charge in [0.05, 0.1) is 17.4 Å². The maximum Gasteiger partial charge on any atom is 0.124 e. The van der Waals surface area contributed by atoms with Crippen LogP contribution in [0.15, 0.2) is 59.8 Å². The van der Waals surface area contributed by atoms with Gasteiger partial charge in [0.2, 0.25) is 0 Å². The van der Waals surface area contributed by atoms with Gasteiger partial charge in [0.15, 0.2) is 0 Å². The Kier molecular flexibility index (Phi) is 3.51. The fourth-order valence-electron chi connectivity index (χ4n) is 2.14. The number of rotatable bonds is 3. The molecule has 1 aromatic heterocycles. The molecule has 0 saturated carbocycles. The molecule has 0 radical (unpaired) electrons. The van der Waals surface area contributed by atoms with E-state index in [1.54, 1.807) is 18.5 Å². The van der Waals surface area contributed by atoms with E-state index in [1.807, 2.05) is 49.4 Å². The first kappa shape index (κ1) is 13.1. The normalized spacial score (nSPS) is 11.1. The highest BCUT2D eigenvalue weighted by Crippen LogP contribution is 2.21. The van der Waals surface area contributed by atoms with Gasteiger partial charge in [0.1, 0.15) is 5.75 Å². The highest BCUT2D eigenvalue weighted by Gasteiger charge is 2.00. The van der Waals surface area contributed by atoms with Gasteiger partial charge in [0, 0.05) is 17.1 Å². The van der Waals surface area contributed by atoms with E-state index in [2.05, 4.69) is 15.5 Å². The maximum atomic E-state index is 9.77. The Hall–Kier alpha value is -2.88. The molecule has 2 N–H and O–H groups in total. The van der Waals surface area contributed by atoms with Gasteiger partial charge >= 0.3 is 0 Å². The van der Waals surface area contributed by atoms with Crippen molar-refractivity contribution < 1.29 is 5.11 Å². The zero-order chi connectivity index (χ0) is 14.7. The maximum absolute atomic E-state index is 9.77. The monoisotopic (exact) mass is 277 g/mol. The van der Waals surface area contributed by atoms with Gasteiger partial charge in [-0.25, -0.2) is 0 Å². The Bertz CT molecular complexity index is 807. The molecule has 0 spiro atoms. The number of aryl methyl sites for hydroxylation is 1. The molecule has 3 aromatic rings. The number of aromatic nitrogens is 1. The highest BCUT2D eigenvalue weighted by molar-refractivity contribution is 5.91. The summed E-state index contributed by atoms with van der Waals surface area (Å²) in [6.45, 7) is 1.97. The van der Waals surface area contributed by atoms with Crippen LogP contribution < -0.4 is 5.43 Å². The Balaban J connectivity index is 1.86. The number of para-hydroxylation sites is 1.